The molecular formula is C37H37F2IN10O4. The number of nitrogens with one attached hydrogen (secondary N) is 3. The Hall–Kier alpha value is -5.85. The number of ether oxygens (including phenoxy) is 2. The van der Waals surface area contributed by atoms with E-state index in [0.717, 1.165) is 3.57 Å². The quantitative estimate of drug-likeness (QED) is 0.138. The Labute approximate surface area is 331 Å². The van der Waals surface area contributed by atoms with E-state index in [-0.39, 0.29) is 42.6 Å². The van der Waals surface area contributed by atoms with Crippen LogP contribution in [0.3, 0.4) is 0 Å². The topological polar surface area (TPSA) is 175 Å². The maximum atomic E-state index is 14.1. The molecule has 54 heavy (non-hydrogen) atoms. The fourth-order valence-corrected chi connectivity index (χ4v) is 5.80. The van der Waals surface area contributed by atoms with E-state index in [1.165, 1.54) is 41.3 Å². The average Bonchev–Trinajstić information content (AvgIpc) is 4.05. The molecule has 3 N–H and O–H groups in total. The van der Waals surface area contributed by atoms with Gasteiger partial charge in [-0.05, 0) is 60.4 Å². The molecule has 4 aromatic heterocycles. The lowest BCUT2D eigenvalue weighted by atomic mass is 9.94. The molecule has 14 nitrogen and oxygen atoms in total. The summed E-state index contributed by atoms with van der Waals surface area (Å²) < 4.78 is 81.0. The Kier molecular flexibility index (Phi) is 10.2. The Bertz CT molecular complexity index is 2410. The van der Waals surface area contributed by atoms with Crippen molar-refractivity contribution in [3.05, 3.63) is 124 Å². The fourth-order valence-electron chi connectivity index (χ4n) is 5.41. The van der Waals surface area contributed by atoms with Gasteiger partial charge in [-0.2, -0.15) is 15.3 Å². The van der Waals surface area contributed by atoms with Crippen molar-refractivity contribution in [2.45, 2.75) is 43.9 Å². The van der Waals surface area contributed by atoms with Crippen LogP contribution < -0.4 is 20.1 Å². The Morgan fingerprint density at radius 3 is 1.94 bits per heavy atom. The number of hydrogen-bond acceptors (Lipinski definition) is 10. The molecule has 2 amide bonds. The van der Waals surface area contributed by atoms with E-state index in [9.17, 15) is 18.4 Å². The molecule has 6 aromatic rings. The van der Waals surface area contributed by atoms with Crippen LogP contribution in [0, 0.1) is 15.2 Å². The maximum absolute atomic E-state index is 14.1. The number of carbonyl (C=O) groups excluding carboxylic acids is 2. The zero-order valence-corrected chi connectivity index (χ0v) is 29.6. The molecule has 2 aromatic carbocycles. The molecule has 4 heterocycles. The lowest BCUT2D eigenvalue weighted by molar-refractivity contribution is -0.119. The van der Waals surface area contributed by atoms with Gasteiger partial charge in [0.15, 0.2) is 5.82 Å². The maximum Gasteiger partial charge on any atom is 0.236 e. The van der Waals surface area contributed by atoms with Crippen LogP contribution >= 0.6 is 22.6 Å². The lowest BCUT2D eigenvalue weighted by Crippen LogP contribution is -2.29. The van der Waals surface area contributed by atoms with Gasteiger partial charge >= 0.3 is 0 Å². The molecule has 2 aliphatic carbocycles. The van der Waals surface area contributed by atoms with Gasteiger partial charge in [-0.15, -0.1) is 15.3 Å². The van der Waals surface area contributed by atoms with Crippen molar-refractivity contribution in [2.24, 2.45) is 0 Å². The summed E-state index contributed by atoms with van der Waals surface area (Å²) in [4.78, 5) is 25.0. The number of anilines is 2. The minimum absolute atomic E-state index is 0. The summed E-state index contributed by atoms with van der Waals surface area (Å²) in [7, 11) is -5.11. The smallest absolute Gasteiger partial charge is 0.236 e. The number of H-pyrrole nitrogens is 1. The largest absolute Gasteiger partial charge is 0.480 e. The number of nitrogens with zero attached hydrogens (tertiary/aromatic N) is 7. The van der Waals surface area contributed by atoms with Crippen LogP contribution in [-0.4, -0.2) is 66.3 Å². The number of rotatable bonds is 9. The summed E-state index contributed by atoms with van der Waals surface area (Å²) in [5.41, 5.74) is -0.344. The summed E-state index contributed by atoms with van der Waals surface area (Å²) in [6.07, 6.45) is 8.46. The minimum atomic E-state index is -2.65. The number of methoxy groups -OCH3 is 2. The molecule has 17 heteroatoms. The summed E-state index contributed by atoms with van der Waals surface area (Å²) in [5, 5.41) is 30.4. The molecule has 0 bridgehead atoms. The average molecular weight is 857 g/mol. The summed E-state index contributed by atoms with van der Waals surface area (Å²) >= 11 is 1.99. The number of benzene rings is 2. The second-order valence-corrected chi connectivity index (χ2v) is 13.1. The summed E-state index contributed by atoms with van der Waals surface area (Å²) in [6.45, 7) is 0. The zero-order chi connectivity index (χ0) is 42.4. The van der Waals surface area contributed by atoms with Crippen molar-refractivity contribution in [3.8, 4) is 17.4 Å². The van der Waals surface area contributed by atoms with Crippen molar-refractivity contribution in [1.29, 1.82) is 0 Å². The van der Waals surface area contributed by atoms with E-state index >= 15 is 0 Å². The number of aromatic amines is 1. The molecule has 2 aliphatic rings. The molecule has 0 radical (unpaired) electrons. The molecular weight excluding hydrogens is 813 g/mol. The number of carbonyl (C=O) groups is 2. The Morgan fingerprint density at radius 2 is 1.41 bits per heavy atom. The second-order valence-electron chi connectivity index (χ2n) is 11.8. The highest BCUT2D eigenvalue weighted by atomic mass is 127. The Morgan fingerprint density at radius 1 is 0.833 bits per heavy atom. The van der Waals surface area contributed by atoms with E-state index in [1.807, 2.05) is 22.6 Å². The molecule has 0 saturated heterocycles. The third-order valence-electron chi connectivity index (χ3n) is 8.42. The molecule has 0 atom stereocenters. The normalized spacial score (nSPS) is 16.1. The molecule has 280 valence electrons. The van der Waals surface area contributed by atoms with Crippen molar-refractivity contribution >= 4 is 46.0 Å². The van der Waals surface area contributed by atoms with Crippen molar-refractivity contribution in [3.63, 3.8) is 0 Å². The zero-order valence-electron chi connectivity index (χ0n) is 33.5. The van der Waals surface area contributed by atoms with Gasteiger partial charge in [-0.25, -0.2) is 13.5 Å². The number of halogens is 3. The van der Waals surface area contributed by atoms with E-state index in [2.05, 4.69) is 51.1 Å². The van der Waals surface area contributed by atoms with E-state index in [4.69, 9.17) is 13.0 Å². The van der Waals surface area contributed by atoms with Gasteiger partial charge in [0, 0.05) is 45.2 Å². The van der Waals surface area contributed by atoms with Crippen LogP contribution in [0.5, 0.6) is 11.8 Å². The predicted molar refractivity (Wildman–Crippen MR) is 204 cm³/mol. The van der Waals surface area contributed by atoms with Crippen molar-refractivity contribution in [2.75, 3.05) is 24.7 Å². The van der Waals surface area contributed by atoms with Crippen LogP contribution in [0.15, 0.2) is 97.6 Å². The van der Waals surface area contributed by atoms with Crippen LogP contribution in [0.1, 0.15) is 52.5 Å². The molecule has 0 unspecified atom stereocenters. The third kappa shape index (κ3) is 9.02. The molecule has 0 aliphatic heterocycles. The van der Waals surface area contributed by atoms with Crippen LogP contribution in [0.2, 0.25) is 0 Å². The van der Waals surface area contributed by atoms with Gasteiger partial charge in [0.05, 0.1) is 57.4 Å². The van der Waals surface area contributed by atoms with Crippen LogP contribution in [0.4, 0.5) is 20.4 Å². The second kappa shape index (κ2) is 17.3. The van der Waals surface area contributed by atoms with E-state index in [1.54, 1.807) is 60.9 Å². The number of hydrogen-bond donors (Lipinski definition) is 3. The fraction of sp³-hybridized carbons (Fsp3) is 0.243. The first-order valence-corrected chi connectivity index (χ1v) is 16.9. The van der Waals surface area contributed by atoms with Crippen molar-refractivity contribution in [1.82, 2.24) is 40.4 Å². The van der Waals surface area contributed by atoms with Gasteiger partial charge in [0.2, 0.25) is 23.6 Å². The minimum Gasteiger partial charge on any atom is -0.480 e. The van der Waals surface area contributed by atoms with Gasteiger partial charge < -0.3 is 20.1 Å². The molecule has 8 rings (SSSR count). The first-order chi connectivity index (χ1) is 28.0. The van der Waals surface area contributed by atoms with E-state index < -0.39 is 30.7 Å². The van der Waals surface area contributed by atoms with Crippen molar-refractivity contribution < 1.29 is 36.1 Å². The van der Waals surface area contributed by atoms with Gasteiger partial charge in [0.25, 0.3) is 0 Å². The first kappa shape index (κ1) is 31.7. The molecule has 0 spiro atoms. The number of amides is 2. The highest BCUT2D eigenvalue weighted by Crippen LogP contribution is 2.50. The monoisotopic (exact) mass is 856 g/mol. The van der Waals surface area contributed by atoms with E-state index in [0.29, 0.717) is 48.3 Å². The van der Waals surface area contributed by atoms with Crippen LogP contribution in [-0.2, 0) is 20.4 Å². The number of aromatic nitrogens is 8. The highest BCUT2D eigenvalue weighted by Gasteiger charge is 2.53. The van der Waals surface area contributed by atoms with Crippen LogP contribution in [0.25, 0.3) is 5.69 Å². The summed E-state index contributed by atoms with van der Waals surface area (Å²) in [5.74, 6) is -0.605. The highest BCUT2D eigenvalue weighted by molar-refractivity contribution is 14.1. The third-order valence-corrected chi connectivity index (χ3v) is 9.01. The molecule has 2 saturated carbocycles. The Balaban J connectivity index is 0.000000188. The van der Waals surface area contributed by atoms with Gasteiger partial charge in [-0.3, -0.25) is 14.7 Å². The lowest BCUT2D eigenvalue weighted by Gasteiger charge is -2.15. The standard InChI is InChI=1S/C18H16FN5O2.C13H12FN3O.C5H5IN2O.CH4/c1-26-16-10-12(11-20-22-16)24-9-6-15(23-24)21-17(25)18(7-8-18)13-4-2-3-5-14(13)19;14-10-4-2-1-3-9(10)13(6-7-13)12(18)16-11-5-8-15-17-11;1-9-5-2-4(6)3-7-8-5;/h2-6,9-11H,7-8H2,1H3,(H,21,23,25);1-5,8H,6-7H2,(H2,15,16,17,18);2-3H,1H3;1H4/i1D3;;1D3;. The summed E-state index contributed by atoms with van der Waals surface area (Å²) in [6, 6.07) is 18.8. The first-order valence-electron chi connectivity index (χ1n) is 18.8. The van der Waals surface area contributed by atoms with Gasteiger partial charge in [0.1, 0.15) is 17.5 Å². The SMILES string of the molecule is C.O=C(Nc1ccn[nH]1)C1(c2ccccc2F)CC1.[2H]C([2H])([2H])Oc1cc(-n2ccc(NC(=O)C3(c4ccccc4F)CC3)n2)cnn1.[2H]C([2H])([2H])Oc1cc(I)cnn1. The predicted octanol–water partition coefficient (Wildman–Crippen LogP) is 6.43. The molecule has 2 fully saturated rings. The van der Waals surface area contributed by atoms with Gasteiger partial charge in [-0.1, -0.05) is 43.8 Å².